The van der Waals surface area contributed by atoms with Crippen LogP contribution in [0.3, 0.4) is 0 Å². The molecule has 96 valence electrons. The summed E-state index contributed by atoms with van der Waals surface area (Å²) >= 11 is 0. The smallest absolute Gasteiger partial charge is 0.319 e. The maximum absolute atomic E-state index is 11.1. The number of esters is 1. The molecule has 1 N–H and O–H groups in total. The van der Waals surface area contributed by atoms with Crippen molar-refractivity contribution in [1.82, 2.24) is 10.3 Å². The highest BCUT2D eigenvalue weighted by Crippen LogP contribution is 2.16. The topological polar surface area (TPSA) is 64.4 Å². The van der Waals surface area contributed by atoms with Crippen LogP contribution < -0.4 is 5.32 Å². The van der Waals surface area contributed by atoms with Crippen LogP contribution >= 0.6 is 0 Å². The first-order valence-corrected chi connectivity index (χ1v) is 5.91. The molecule has 0 bridgehead atoms. The lowest BCUT2D eigenvalue weighted by Gasteiger charge is -2.04. The van der Waals surface area contributed by atoms with Crippen molar-refractivity contribution >= 4 is 17.1 Å². The number of nitrogens with one attached hydrogen (secondary N) is 1. The first-order valence-electron chi connectivity index (χ1n) is 5.91. The number of aryl methyl sites for hydroxylation is 1. The van der Waals surface area contributed by atoms with Crippen LogP contribution in [0.4, 0.5) is 0 Å². The van der Waals surface area contributed by atoms with Gasteiger partial charge in [0.1, 0.15) is 5.52 Å². The highest BCUT2D eigenvalue weighted by molar-refractivity contribution is 5.73. The Balaban J connectivity index is 1.93. The molecule has 0 unspecified atom stereocenters. The monoisotopic (exact) mass is 248 g/mol. The number of ether oxygens (including phenoxy) is 1. The Kier molecular flexibility index (Phi) is 3.94. The molecule has 0 aliphatic carbocycles. The number of benzene rings is 1. The zero-order valence-electron chi connectivity index (χ0n) is 10.5. The van der Waals surface area contributed by atoms with Crippen LogP contribution in [0.1, 0.15) is 18.4 Å². The van der Waals surface area contributed by atoms with Crippen molar-refractivity contribution < 1.29 is 13.9 Å². The molecule has 0 atom stereocenters. The van der Waals surface area contributed by atoms with Crippen molar-refractivity contribution in [2.24, 2.45) is 0 Å². The van der Waals surface area contributed by atoms with Crippen molar-refractivity contribution in [2.75, 3.05) is 13.2 Å². The average molecular weight is 248 g/mol. The number of carbonyl (C=O) groups excluding carboxylic acids is 1. The molecule has 2 rings (SSSR count). The third-order valence-electron chi connectivity index (χ3n) is 2.46. The van der Waals surface area contributed by atoms with Crippen molar-refractivity contribution in [2.45, 2.75) is 20.4 Å². The van der Waals surface area contributed by atoms with Gasteiger partial charge in [0, 0.05) is 13.5 Å². The summed E-state index contributed by atoms with van der Waals surface area (Å²) in [5, 5.41) is 3.02. The van der Waals surface area contributed by atoms with Crippen LogP contribution in [0.15, 0.2) is 22.6 Å². The Bertz CT molecular complexity index is 548. The molecule has 0 saturated heterocycles. The van der Waals surface area contributed by atoms with E-state index >= 15 is 0 Å². The largest absolute Gasteiger partial charge is 0.465 e. The van der Waals surface area contributed by atoms with Gasteiger partial charge in [0.15, 0.2) is 11.5 Å². The zero-order valence-corrected chi connectivity index (χ0v) is 10.5. The van der Waals surface area contributed by atoms with Gasteiger partial charge in [0.25, 0.3) is 0 Å². The van der Waals surface area contributed by atoms with E-state index in [1.807, 2.05) is 25.1 Å². The van der Waals surface area contributed by atoms with Crippen LogP contribution in [0.5, 0.6) is 0 Å². The molecule has 5 nitrogen and oxygen atoms in total. The van der Waals surface area contributed by atoms with Crippen molar-refractivity contribution in [1.29, 1.82) is 0 Å². The summed E-state index contributed by atoms with van der Waals surface area (Å²) in [5.41, 5.74) is 2.66. The second-order valence-electron chi connectivity index (χ2n) is 3.94. The highest BCUT2D eigenvalue weighted by atomic mass is 16.5. The Labute approximate surface area is 105 Å². The summed E-state index contributed by atoms with van der Waals surface area (Å²) < 4.78 is 10.3. The summed E-state index contributed by atoms with van der Waals surface area (Å²) in [7, 11) is 0. The molecule has 0 radical (unpaired) electrons. The third kappa shape index (κ3) is 3.07. The van der Waals surface area contributed by atoms with E-state index in [0.29, 0.717) is 19.0 Å². The van der Waals surface area contributed by atoms with Gasteiger partial charge in [-0.05, 0) is 24.6 Å². The molecule has 1 aromatic carbocycles. The molecule has 1 aromatic heterocycles. The number of carbonyl (C=O) groups is 1. The molecule has 5 heteroatoms. The van der Waals surface area contributed by atoms with E-state index < -0.39 is 0 Å². The molecule has 0 fully saturated rings. The minimum atomic E-state index is -0.242. The summed E-state index contributed by atoms with van der Waals surface area (Å²) in [6.45, 7) is 4.82. The number of oxazole rings is 1. The summed E-state index contributed by atoms with van der Waals surface area (Å²) in [6.07, 6.45) is 0. The quantitative estimate of drug-likeness (QED) is 0.817. The fourth-order valence-electron chi connectivity index (χ4n) is 1.72. The van der Waals surface area contributed by atoms with Crippen LogP contribution in [-0.4, -0.2) is 24.1 Å². The molecular formula is C13H16N2O3. The van der Waals surface area contributed by atoms with Crippen LogP contribution in [0.2, 0.25) is 0 Å². The molecular weight excluding hydrogens is 232 g/mol. The predicted molar refractivity (Wildman–Crippen MR) is 67.1 cm³/mol. The molecule has 0 aliphatic heterocycles. The normalized spacial score (nSPS) is 10.8. The maximum atomic E-state index is 11.1. The Morgan fingerprint density at radius 3 is 3.11 bits per heavy atom. The van der Waals surface area contributed by atoms with E-state index in [9.17, 15) is 4.79 Å². The Hall–Kier alpha value is -1.88. The van der Waals surface area contributed by atoms with Crippen molar-refractivity contribution in [3.63, 3.8) is 0 Å². The zero-order chi connectivity index (χ0) is 13.0. The second kappa shape index (κ2) is 5.64. The lowest BCUT2D eigenvalue weighted by molar-refractivity contribution is -0.142. The number of fused-ring (bicyclic) bond motifs is 1. The third-order valence-corrected chi connectivity index (χ3v) is 2.46. The van der Waals surface area contributed by atoms with Gasteiger partial charge >= 0.3 is 5.97 Å². The lowest BCUT2D eigenvalue weighted by atomic mass is 10.2. The van der Waals surface area contributed by atoms with Gasteiger partial charge in [0.05, 0.1) is 13.2 Å². The lowest BCUT2D eigenvalue weighted by Crippen LogP contribution is -2.24. The van der Waals surface area contributed by atoms with Gasteiger partial charge in [-0.15, -0.1) is 0 Å². The van der Waals surface area contributed by atoms with Crippen molar-refractivity contribution in [3.8, 4) is 0 Å². The minimum absolute atomic E-state index is 0.210. The second-order valence-corrected chi connectivity index (χ2v) is 3.94. The average Bonchev–Trinajstić information content (AvgIpc) is 2.69. The van der Waals surface area contributed by atoms with Crippen LogP contribution in [-0.2, 0) is 16.1 Å². The van der Waals surface area contributed by atoms with Gasteiger partial charge in [-0.1, -0.05) is 6.07 Å². The van der Waals surface area contributed by atoms with Gasteiger partial charge < -0.3 is 14.5 Å². The number of aromatic nitrogens is 1. The number of rotatable bonds is 5. The van der Waals surface area contributed by atoms with Gasteiger partial charge in [0.2, 0.25) is 0 Å². The standard InChI is InChI=1S/C13H16N2O3/c1-3-17-13(16)8-14-7-10-4-5-11-12(6-10)18-9(2)15-11/h4-6,14H,3,7-8H2,1-2H3. The molecule has 0 aliphatic rings. The van der Waals surface area contributed by atoms with Gasteiger partial charge in [-0.3, -0.25) is 4.79 Å². The number of hydrogen-bond donors (Lipinski definition) is 1. The van der Waals surface area contributed by atoms with E-state index in [1.54, 1.807) is 6.92 Å². The first kappa shape index (κ1) is 12.6. The summed E-state index contributed by atoms with van der Waals surface area (Å²) in [4.78, 5) is 15.4. The Morgan fingerprint density at radius 1 is 1.50 bits per heavy atom. The maximum Gasteiger partial charge on any atom is 0.319 e. The summed E-state index contributed by atoms with van der Waals surface area (Å²) in [5.74, 6) is 0.413. The van der Waals surface area contributed by atoms with Crippen LogP contribution in [0.25, 0.3) is 11.1 Å². The van der Waals surface area contributed by atoms with E-state index in [4.69, 9.17) is 9.15 Å². The van der Waals surface area contributed by atoms with Crippen LogP contribution in [0, 0.1) is 6.92 Å². The minimum Gasteiger partial charge on any atom is -0.465 e. The van der Waals surface area contributed by atoms with Gasteiger partial charge in [-0.25, -0.2) is 4.98 Å². The van der Waals surface area contributed by atoms with Crippen molar-refractivity contribution in [3.05, 3.63) is 29.7 Å². The Morgan fingerprint density at radius 2 is 2.33 bits per heavy atom. The van der Waals surface area contributed by atoms with E-state index in [-0.39, 0.29) is 12.5 Å². The fraction of sp³-hybridized carbons (Fsp3) is 0.385. The molecule has 18 heavy (non-hydrogen) atoms. The number of hydrogen-bond acceptors (Lipinski definition) is 5. The van der Waals surface area contributed by atoms with E-state index in [1.165, 1.54) is 0 Å². The molecule has 0 spiro atoms. The predicted octanol–water partition coefficient (Wildman–Crippen LogP) is 1.79. The van der Waals surface area contributed by atoms with Gasteiger partial charge in [-0.2, -0.15) is 0 Å². The highest BCUT2D eigenvalue weighted by Gasteiger charge is 2.04. The molecule has 0 saturated carbocycles. The molecule has 0 amide bonds. The molecule has 2 aromatic rings. The van der Waals surface area contributed by atoms with E-state index in [2.05, 4.69) is 10.3 Å². The fourth-order valence-corrected chi connectivity index (χ4v) is 1.72. The summed E-state index contributed by atoms with van der Waals surface area (Å²) in [6, 6.07) is 5.79. The SMILES string of the molecule is CCOC(=O)CNCc1ccc2nc(C)oc2c1. The molecule has 1 heterocycles. The number of nitrogens with zero attached hydrogens (tertiary/aromatic N) is 1. The first-order chi connectivity index (χ1) is 8.69. The van der Waals surface area contributed by atoms with E-state index in [0.717, 1.165) is 16.7 Å².